The fourth-order valence-corrected chi connectivity index (χ4v) is 4.23. The van der Waals surface area contributed by atoms with Crippen molar-refractivity contribution in [2.24, 2.45) is 0 Å². The first kappa shape index (κ1) is 17.5. The van der Waals surface area contributed by atoms with Crippen LogP contribution < -0.4 is 0 Å². The Bertz CT molecular complexity index is 916. The number of hydrogen-bond donors (Lipinski definition) is 0. The van der Waals surface area contributed by atoms with Gasteiger partial charge in [-0.25, -0.2) is 13.1 Å². The number of aryl methyl sites for hydroxylation is 2. The first-order chi connectivity index (χ1) is 11.8. The molecule has 2 heterocycles. The summed E-state index contributed by atoms with van der Waals surface area (Å²) in [6, 6.07) is 5.69. The zero-order valence-corrected chi connectivity index (χ0v) is 14.7. The number of benzene rings is 1. The Morgan fingerprint density at radius 2 is 1.88 bits per heavy atom. The van der Waals surface area contributed by atoms with Gasteiger partial charge < -0.3 is 4.74 Å². The molecular formula is C15H18N4O5S. The van der Waals surface area contributed by atoms with Crippen LogP contribution >= 0.6 is 0 Å². The van der Waals surface area contributed by atoms with E-state index in [2.05, 4.69) is 5.10 Å². The van der Waals surface area contributed by atoms with Gasteiger partial charge in [-0.3, -0.25) is 10.1 Å². The molecule has 0 saturated carbocycles. The van der Waals surface area contributed by atoms with Crippen molar-refractivity contribution in [1.82, 2.24) is 14.1 Å². The molecule has 0 unspecified atom stereocenters. The SMILES string of the molecule is Cc1cc(C)n(-c2ccc(S(=O)(=O)N3CCOCC3)cc2[N+](=O)[O-])n1. The van der Waals surface area contributed by atoms with Crippen LogP contribution in [-0.2, 0) is 14.8 Å². The van der Waals surface area contributed by atoms with E-state index in [1.54, 1.807) is 19.9 Å². The van der Waals surface area contributed by atoms with Crippen LogP contribution in [0.4, 0.5) is 5.69 Å². The minimum atomic E-state index is -3.80. The van der Waals surface area contributed by atoms with Gasteiger partial charge in [0.15, 0.2) is 0 Å². The van der Waals surface area contributed by atoms with Gasteiger partial charge in [0.25, 0.3) is 5.69 Å². The molecule has 25 heavy (non-hydrogen) atoms. The molecule has 0 bridgehead atoms. The smallest absolute Gasteiger partial charge is 0.296 e. The molecule has 10 heteroatoms. The molecule has 0 spiro atoms. The standard InChI is InChI=1S/C15H18N4O5S/c1-11-9-12(2)18(16-11)14-4-3-13(10-15(14)19(20)21)25(22,23)17-5-7-24-8-6-17/h3-4,9-10H,5-8H2,1-2H3. The van der Waals surface area contributed by atoms with Crippen LogP contribution in [-0.4, -0.2) is 53.7 Å². The number of ether oxygens (including phenoxy) is 1. The first-order valence-electron chi connectivity index (χ1n) is 7.70. The number of nitrogens with zero attached hydrogens (tertiary/aromatic N) is 4. The molecule has 1 aromatic heterocycles. The van der Waals surface area contributed by atoms with Crippen molar-refractivity contribution in [3.63, 3.8) is 0 Å². The maximum Gasteiger partial charge on any atom is 0.296 e. The Labute approximate surface area is 145 Å². The minimum Gasteiger partial charge on any atom is -0.379 e. The lowest BCUT2D eigenvalue weighted by Crippen LogP contribution is -2.40. The van der Waals surface area contributed by atoms with Crippen molar-refractivity contribution < 1.29 is 18.1 Å². The predicted molar refractivity (Wildman–Crippen MR) is 89.3 cm³/mol. The molecule has 1 aliphatic rings. The number of sulfonamides is 1. The molecule has 0 aliphatic carbocycles. The van der Waals surface area contributed by atoms with E-state index in [4.69, 9.17) is 4.74 Å². The zero-order valence-electron chi connectivity index (χ0n) is 13.9. The molecule has 9 nitrogen and oxygen atoms in total. The molecule has 0 atom stereocenters. The quantitative estimate of drug-likeness (QED) is 0.598. The summed E-state index contributed by atoms with van der Waals surface area (Å²) in [5.74, 6) is 0. The number of morpholine rings is 1. The van der Waals surface area contributed by atoms with E-state index in [0.29, 0.717) is 13.2 Å². The fraction of sp³-hybridized carbons (Fsp3) is 0.400. The Morgan fingerprint density at radius 1 is 1.20 bits per heavy atom. The Morgan fingerprint density at radius 3 is 2.44 bits per heavy atom. The average Bonchev–Trinajstić information content (AvgIpc) is 2.93. The van der Waals surface area contributed by atoms with E-state index in [9.17, 15) is 18.5 Å². The van der Waals surface area contributed by atoms with Crippen LogP contribution in [0, 0.1) is 24.0 Å². The van der Waals surface area contributed by atoms with Gasteiger partial charge in [-0.2, -0.15) is 9.40 Å². The molecule has 1 aromatic carbocycles. The van der Waals surface area contributed by atoms with Crippen molar-refractivity contribution in [2.45, 2.75) is 18.7 Å². The zero-order chi connectivity index (χ0) is 18.2. The second-order valence-corrected chi connectivity index (χ2v) is 7.70. The monoisotopic (exact) mass is 366 g/mol. The summed E-state index contributed by atoms with van der Waals surface area (Å²) in [5, 5.41) is 15.7. The minimum absolute atomic E-state index is 0.105. The lowest BCUT2D eigenvalue weighted by atomic mass is 10.2. The number of nitro groups is 1. The van der Waals surface area contributed by atoms with Crippen LogP contribution in [0.25, 0.3) is 5.69 Å². The van der Waals surface area contributed by atoms with Crippen molar-refractivity contribution in [1.29, 1.82) is 0 Å². The summed E-state index contributed by atoms with van der Waals surface area (Å²) in [4.78, 5) is 10.8. The molecule has 2 aromatic rings. The van der Waals surface area contributed by atoms with Crippen LogP contribution in [0.5, 0.6) is 0 Å². The molecule has 134 valence electrons. The molecule has 3 rings (SSSR count). The van der Waals surface area contributed by atoms with Crippen molar-refractivity contribution in [2.75, 3.05) is 26.3 Å². The summed E-state index contributed by atoms with van der Waals surface area (Å²) < 4.78 is 33.3. The molecular weight excluding hydrogens is 348 g/mol. The van der Waals surface area contributed by atoms with Gasteiger partial charge in [0.05, 0.1) is 28.7 Å². The maximum absolute atomic E-state index is 12.7. The highest BCUT2D eigenvalue weighted by Gasteiger charge is 2.29. The third kappa shape index (κ3) is 3.28. The van der Waals surface area contributed by atoms with Crippen LogP contribution in [0.15, 0.2) is 29.2 Å². The van der Waals surface area contributed by atoms with Gasteiger partial charge in [0.1, 0.15) is 5.69 Å². The Balaban J connectivity index is 2.08. The third-order valence-electron chi connectivity index (χ3n) is 3.99. The van der Waals surface area contributed by atoms with Gasteiger partial charge >= 0.3 is 0 Å². The lowest BCUT2D eigenvalue weighted by molar-refractivity contribution is -0.384. The summed E-state index contributed by atoms with van der Waals surface area (Å²) in [6.45, 7) is 4.65. The van der Waals surface area contributed by atoms with E-state index in [1.165, 1.54) is 21.1 Å². The van der Waals surface area contributed by atoms with Crippen molar-refractivity contribution in [3.05, 3.63) is 45.8 Å². The highest BCUT2D eigenvalue weighted by molar-refractivity contribution is 7.89. The van der Waals surface area contributed by atoms with Crippen molar-refractivity contribution >= 4 is 15.7 Å². The Kier molecular flexibility index (Phi) is 4.58. The number of hydrogen-bond acceptors (Lipinski definition) is 6. The van der Waals surface area contributed by atoms with E-state index >= 15 is 0 Å². The average molecular weight is 366 g/mol. The second kappa shape index (κ2) is 6.54. The van der Waals surface area contributed by atoms with Crippen LogP contribution in [0.2, 0.25) is 0 Å². The summed E-state index contributed by atoms with van der Waals surface area (Å²) in [7, 11) is -3.80. The van der Waals surface area contributed by atoms with Gasteiger partial charge in [0, 0.05) is 24.8 Å². The largest absolute Gasteiger partial charge is 0.379 e. The first-order valence-corrected chi connectivity index (χ1v) is 9.14. The molecule has 0 amide bonds. The van der Waals surface area contributed by atoms with Crippen molar-refractivity contribution in [3.8, 4) is 5.69 Å². The lowest BCUT2D eigenvalue weighted by Gasteiger charge is -2.26. The van der Waals surface area contributed by atoms with E-state index < -0.39 is 14.9 Å². The topological polar surface area (TPSA) is 108 Å². The van der Waals surface area contributed by atoms with Crippen LogP contribution in [0.1, 0.15) is 11.4 Å². The van der Waals surface area contributed by atoms with Gasteiger partial charge in [0.2, 0.25) is 10.0 Å². The van der Waals surface area contributed by atoms with Gasteiger partial charge in [-0.05, 0) is 32.0 Å². The predicted octanol–water partition coefficient (Wildman–Crippen LogP) is 1.42. The highest BCUT2D eigenvalue weighted by atomic mass is 32.2. The number of rotatable bonds is 4. The summed E-state index contributed by atoms with van der Waals surface area (Å²) in [5.41, 5.74) is 1.37. The second-order valence-electron chi connectivity index (χ2n) is 5.76. The Hall–Kier alpha value is -2.30. The van der Waals surface area contributed by atoms with E-state index in [0.717, 1.165) is 17.5 Å². The molecule has 0 radical (unpaired) electrons. The molecule has 1 fully saturated rings. The maximum atomic E-state index is 12.7. The number of aromatic nitrogens is 2. The van der Waals surface area contributed by atoms with Gasteiger partial charge in [-0.1, -0.05) is 0 Å². The van der Waals surface area contributed by atoms with E-state index in [-0.39, 0.29) is 29.4 Å². The van der Waals surface area contributed by atoms with E-state index in [1.807, 2.05) is 0 Å². The normalized spacial score (nSPS) is 16.1. The van der Waals surface area contributed by atoms with Gasteiger partial charge in [-0.15, -0.1) is 0 Å². The summed E-state index contributed by atoms with van der Waals surface area (Å²) in [6.07, 6.45) is 0. The fourth-order valence-electron chi connectivity index (χ4n) is 2.80. The van der Waals surface area contributed by atoms with Crippen LogP contribution in [0.3, 0.4) is 0 Å². The number of nitro benzene ring substituents is 1. The molecule has 1 aliphatic heterocycles. The molecule has 0 N–H and O–H groups in total. The highest BCUT2D eigenvalue weighted by Crippen LogP contribution is 2.29. The third-order valence-corrected chi connectivity index (χ3v) is 5.88. The summed E-state index contributed by atoms with van der Waals surface area (Å²) >= 11 is 0. The molecule has 1 saturated heterocycles.